The first-order valence-corrected chi connectivity index (χ1v) is 9.24. The van der Waals surface area contributed by atoms with Crippen molar-refractivity contribution in [3.05, 3.63) is 48.0 Å². The number of rotatable bonds is 9. The third-order valence-electron chi connectivity index (χ3n) is 4.49. The molecule has 2 amide bonds. The quantitative estimate of drug-likeness (QED) is 0.529. The van der Waals surface area contributed by atoms with Crippen LogP contribution in [0.5, 0.6) is 0 Å². The van der Waals surface area contributed by atoms with Crippen LogP contribution >= 0.6 is 0 Å². The largest absolute Gasteiger partial charge is 0.480 e. The van der Waals surface area contributed by atoms with E-state index < -0.39 is 29.9 Å². The summed E-state index contributed by atoms with van der Waals surface area (Å²) in [6, 6.07) is 12.4. The number of carboxylic acids is 1. The van der Waals surface area contributed by atoms with Crippen LogP contribution in [0.25, 0.3) is 10.8 Å². The summed E-state index contributed by atoms with van der Waals surface area (Å²) in [7, 11) is 0. The zero-order chi connectivity index (χ0) is 20.7. The summed E-state index contributed by atoms with van der Waals surface area (Å²) in [6.07, 6.45) is -0.617. The molecule has 0 heterocycles. The highest BCUT2D eigenvalue weighted by atomic mass is 16.4. The van der Waals surface area contributed by atoms with E-state index in [0.29, 0.717) is 6.42 Å². The third kappa shape index (κ3) is 6.26. The number of hydrogen-bond donors (Lipinski definition) is 4. The topological polar surface area (TPSA) is 116 Å². The van der Waals surface area contributed by atoms with Gasteiger partial charge in [-0.25, -0.2) is 9.59 Å². The second kappa shape index (κ2) is 9.73. The number of carbonyl (C=O) groups excluding carboxylic acids is 1. The van der Waals surface area contributed by atoms with Gasteiger partial charge in [-0.1, -0.05) is 56.3 Å². The number of nitrogens with one attached hydrogen (secondary N) is 2. The molecule has 2 aromatic rings. The highest BCUT2D eigenvalue weighted by Gasteiger charge is 2.26. The van der Waals surface area contributed by atoms with Crippen LogP contribution in [0, 0.1) is 11.8 Å². The number of hydrogen-bond acceptors (Lipinski definition) is 3. The van der Waals surface area contributed by atoms with Crippen LogP contribution in [0.1, 0.15) is 25.8 Å². The van der Waals surface area contributed by atoms with E-state index in [4.69, 9.17) is 5.11 Å². The first-order chi connectivity index (χ1) is 13.3. The third-order valence-corrected chi connectivity index (χ3v) is 4.49. The van der Waals surface area contributed by atoms with Gasteiger partial charge in [-0.3, -0.25) is 4.79 Å². The predicted octanol–water partition coefficient (Wildman–Crippen LogP) is 2.88. The van der Waals surface area contributed by atoms with Crippen LogP contribution < -0.4 is 10.6 Å². The van der Waals surface area contributed by atoms with Crippen molar-refractivity contribution >= 4 is 28.7 Å². The Labute approximate surface area is 163 Å². The highest BCUT2D eigenvalue weighted by Crippen LogP contribution is 2.17. The van der Waals surface area contributed by atoms with E-state index in [-0.39, 0.29) is 18.9 Å². The van der Waals surface area contributed by atoms with Crippen molar-refractivity contribution < 1.29 is 24.6 Å². The maximum absolute atomic E-state index is 12.6. The first-order valence-electron chi connectivity index (χ1n) is 9.24. The van der Waals surface area contributed by atoms with Gasteiger partial charge in [0.1, 0.15) is 6.04 Å². The van der Waals surface area contributed by atoms with Gasteiger partial charge in [0.05, 0.1) is 5.92 Å². The average molecular weight is 386 g/mol. The average Bonchev–Trinajstić information content (AvgIpc) is 2.63. The summed E-state index contributed by atoms with van der Waals surface area (Å²) >= 11 is 0. The summed E-state index contributed by atoms with van der Waals surface area (Å²) in [5, 5.41) is 25.2. The molecule has 0 spiro atoms. The SMILES string of the molecule is CC(C)CC(CNC(=O)O)C(=O)N[C@@H](Cc1ccc2ccccc2c1)C(=O)O. The maximum atomic E-state index is 12.6. The molecule has 150 valence electrons. The molecule has 0 saturated heterocycles. The number of benzene rings is 2. The number of aliphatic carboxylic acids is 1. The lowest BCUT2D eigenvalue weighted by molar-refractivity contribution is -0.142. The molecule has 7 heteroatoms. The minimum Gasteiger partial charge on any atom is -0.480 e. The summed E-state index contributed by atoms with van der Waals surface area (Å²) in [6.45, 7) is 3.79. The van der Waals surface area contributed by atoms with Gasteiger partial charge in [-0.15, -0.1) is 0 Å². The number of carboxylic acid groups (broad SMARTS) is 2. The fourth-order valence-electron chi connectivity index (χ4n) is 3.15. The van der Waals surface area contributed by atoms with Gasteiger partial charge >= 0.3 is 12.1 Å². The van der Waals surface area contributed by atoms with Gasteiger partial charge in [0.2, 0.25) is 5.91 Å². The molecule has 0 radical (unpaired) electrons. The highest BCUT2D eigenvalue weighted by molar-refractivity contribution is 5.86. The first kappa shape index (κ1) is 21.2. The monoisotopic (exact) mass is 386 g/mol. The van der Waals surface area contributed by atoms with Crippen LogP contribution in [-0.2, 0) is 16.0 Å². The van der Waals surface area contributed by atoms with Gasteiger partial charge in [0.15, 0.2) is 0 Å². The van der Waals surface area contributed by atoms with Gasteiger partial charge in [0, 0.05) is 13.0 Å². The van der Waals surface area contributed by atoms with Gasteiger partial charge in [-0.05, 0) is 28.7 Å². The van der Waals surface area contributed by atoms with Crippen LogP contribution in [-0.4, -0.2) is 40.8 Å². The summed E-state index contributed by atoms with van der Waals surface area (Å²) in [5.74, 6) is -2.06. The molecule has 2 rings (SSSR count). The molecule has 0 aliphatic rings. The minimum atomic E-state index is -1.22. The molecule has 2 atom stereocenters. The van der Waals surface area contributed by atoms with Crippen molar-refractivity contribution in [3.63, 3.8) is 0 Å². The predicted molar refractivity (Wildman–Crippen MR) is 106 cm³/mol. The van der Waals surface area contributed by atoms with Crippen LogP contribution in [0.2, 0.25) is 0 Å². The van der Waals surface area contributed by atoms with Crippen molar-refractivity contribution in [1.29, 1.82) is 0 Å². The molecule has 7 nitrogen and oxygen atoms in total. The zero-order valence-corrected chi connectivity index (χ0v) is 16.0. The Morgan fingerprint density at radius 3 is 2.29 bits per heavy atom. The van der Waals surface area contributed by atoms with Crippen molar-refractivity contribution in [2.45, 2.75) is 32.7 Å². The lowest BCUT2D eigenvalue weighted by Crippen LogP contribution is -2.47. The van der Waals surface area contributed by atoms with Gasteiger partial charge < -0.3 is 20.8 Å². The molecule has 0 fully saturated rings. The number of carbonyl (C=O) groups is 3. The Bertz CT molecular complexity index is 850. The molecule has 0 aliphatic carbocycles. The normalized spacial score (nSPS) is 13.1. The lowest BCUT2D eigenvalue weighted by atomic mass is 9.95. The molecular formula is C21H26N2O5. The zero-order valence-electron chi connectivity index (χ0n) is 16.0. The summed E-state index contributed by atoms with van der Waals surface area (Å²) in [5.41, 5.74) is 0.801. The van der Waals surface area contributed by atoms with E-state index in [0.717, 1.165) is 16.3 Å². The van der Waals surface area contributed by atoms with Gasteiger partial charge in [-0.2, -0.15) is 0 Å². The number of amides is 2. The summed E-state index contributed by atoms with van der Waals surface area (Å²) < 4.78 is 0. The van der Waals surface area contributed by atoms with Crippen LogP contribution in [0.3, 0.4) is 0 Å². The van der Waals surface area contributed by atoms with E-state index in [1.165, 1.54) is 0 Å². The van der Waals surface area contributed by atoms with E-state index in [2.05, 4.69) is 10.6 Å². The smallest absolute Gasteiger partial charge is 0.404 e. The Balaban J connectivity index is 2.11. The van der Waals surface area contributed by atoms with Crippen LogP contribution in [0.4, 0.5) is 4.79 Å². The molecular weight excluding hydrogens is 360 g/mol. The van der Waals surface area contributed by atoms with Crippen molar-refractivity contribution in [2.24, 2.45) is 11.8 Å². The molecule has 28 heavy (non-hydrogen) atoms. The van der Waals surface area contributed by atoms with E-state index in [1.807, 2.05) is 56.3 Å². The second-order valence-corrected chi connectivity index (χ2v) is 7.30. The van der Waals surface area contributed by atoms with E-state index >= 15 is 0 Å². The van der Waals surface area contributed by atoms with Crippen molar-refractivity contribution in [3.8, 4) is 0 Å². The molecule has 0 aliphatic heterocycles. The maximum Gasteiger partial charge on any atom is 0.404 e. The van der Waals surface area contributed by atoms with E-state index in [9.17, 15) is 19.5 Å². The minimum absolute atomic E-state index is 0.0539. The number of fused-ring (bicyclic) bond motifs is 1. The van der Waals surface area contributed by atoms with Crippen LogP contribution in [0.15, 0.2) is 42.5 Å². The molecule has 0 saturated carbocycles. The lowest BCUT2D eigenvalue weighted by Gasteiger charge is -2.22. The standard InChI is InChI=1S/C21H26N2O5/c1-13(2)9-17(12-22-21(27)28)19(24)23-18(20(25)26)11-14-7-8-15-5-3-4-6-16(15)10-14/h3-8,10,13,17-18,22H,9,11-12H2,1-2H3,(H,23,24)(H,25,26)(H,27,28)/t17?,18-/m0/s1. The molecule has 4 N–H and O–H groups in total. The molecule has 2 aromatic carbocycles. The second-order valence-electron chi connectivity index (χ2n) is 7.30. The summed E-state index contributed by atoms with van der Waals surface area (Å²) in [4.78, 5) is 35.0. The Hall–Kier alpha value is -3.09. The molecule has 0 aromatic heterocycles. The fourth-order valence-corrected chi connectivity index (χ4v) is 3.15. The fraction of sp³-hybridized carbons (Fsp3) is 0.381. The molecule has 1 unspecified atom stereocenters. The Morgan fingerprint density at radius 1 is 1.00 bits per heavy atom. The Morgan fingerprint density at radius 2 is 1.68 bits per heavy atom. The van der Waals surface area contributed by atoms with Crippen molar-refractivity contribution in [2.75, 3.05) is 6.54 Å². The Kier molecular flexibility index (Phi) is 7.37. The van der Waals surface area contributed by atoms with E-state index in [1.54, 1.807) is 0 Å². The van der Waals surface area contributed by atoms with Crippen molar-refractivity contribution in [1.82, 2.24) is 10.6 Å². The van der Waals surface area contributed by atoms with Gasteiger partial charge in [0.25, 0.3) is 0 Å². The molecule has 0 bridgehead atoms.